The van der Waals surface area contributed by atoms with Gasteiger partial charge in [0.25, 0.3) is 0 Å². The Kier molecular flexibility index (Phi) is 3.25. The van der Waals surface area contributed by atoms with Gasteiger partial charge in [0.05, 0.1) is 0 Å². The smallest absolute Gasteiger partial charge is 0.224 e. The highest BCUT2D eigenvalue weighted by molar-refractivity contribution is 6.28. The van der Waals surface area contributed by atoms with E-state index in [-0.39, 0.29) is 5.28 Å². The molecule has 1 aliphatic heterocycles. The van der Waals surface area contributed by atoms with E-state index in [0.717, 1.165) is 30.0 Å². The van der Waals surface area contributed by atoms with E-state index in [1.165, 1.54) is 17.7 Å². The molecule has 0 saturated carbocycles. The van der Waals surface area contributed by atoms with Gasteiger partial charge in [-0.1, -0.05) is 6.07 Å². The van der Waals surface area contributed by atoms with Gasteiger partial charge in [0.2, 0.25) is 5.28 Å². The van der Waals surface area contributed by atoms with Crippen LogP contribution in [0.25, 0.3) is 0 Å². The molecule has 0 spiro atoms. The highest BCUT2D eigenvalue weighted by atomic mass is 35.5. The van der Waals surface area contributed by atoms with Gasteiger partial charge in [0, 0.05) is 29.7 Å². The first kappa shape index (κ1) is 12.2. The van der Waals surface area contributed by atoms with E-state index in [9.17, 15) is 0 Å². The lowest BCUT2D eigenvalue weighted by Crippen LogP contribution is -2.11. The molecule has 3 rings (SSSR count). The van der Waals surface area contributed by atoms with Crippen molar-refractivity contribution in [3.8, 4) is 0 Å². The zero-order valence-electron chi connectivity index (χ0n) is 10.7. The van der Waals surface area contributed by atoms with Crippen molar-refractivity contribution < 1.29 is 0 Å². The first-order chi connectivity index (χ1) is 9.22. The number of hydrogen-bond acceptors (Lipinski definition) is 4. The van der Waals surface area contributed by atoms with Crippen LogP contribution in [0.1, 0.15) is 17.5 Å². The number of nitrogens with one attached hydrogen (secondary N) is 2. The van der Waals surface area contributed by atoms with Crippen LogP contribution in [0.3, 0.4) is 0 Å². The summed E-state index contributed by atoms with van der Waals surface area (Å²) in [6.07, 6.45) is 4.05. The van der Waals surface area contributed by atoms with Crippen molar-refractivity contribution in [2.75, 3.05) is 17.2 Å². The van der Waals surface area contributed by atoms with E-state index < -0.39 is 0 Å². The number of nitrogens with zero attached hydrogens (tertiary/aromatic N) is 2. The van der Waals surface area contributed by atoms with Crippen molar-refractivity contribution in [2.24, 2.45) is 0 Å². The zero-order valence-corrected chi connectivity index (χ0v) is 11.5. The molecular weight excluding hydrogens is 260 g/mol. The average Bonchev–Trinajstić information content (AvgIpc) is 2.43. The van der Waals surface area contributed by atoms with Crippen LogP contribution < -0.4 is 10.6 Å². The predicted molar refractivity (Wildman–Crippen MR) is 78.3 cm³/mol. The second-order valence-corrected chi connectivity index (χ2v) is 5.04. The minimum absolute atomic E-state index is 0.254. The monoisotopic (exact) mass is 274 g/mol. The van der Waals surface area contributed by atoms with Crippen molar-refractivity contribution in [2.45, 2.75) is 19.8 Å². The SMILES string of the molecule is Cc1cnc(Cl)nc1Nc1ccc2c(c1)NCCC2. The molecule has 1 aliphatic rings. The summed E-state index contributed by atoms with van der Waals surface area (Å²) < 4.78 is 0. The summed E-state index contributed by atoms with van der Waals surface area (Å²) in [5.74, 6) is 0.746. The van der Waals surface area contributed by atoms with Crippen LogP contribution in [-0.4, -0.2) is 16.5 Å². The molecule has 2 heterocycles. The highest BCUT2D eigenvalue weighted by Crippen LogP contribution is 2.27. The van der Waals surface area contributed by atoms with E-state index >= 15 is 0 Å². The van der Waals surface area contributed by atoms with Crippen molar-refractivity contribution in [3.05, 3.63) is 40.8 Å². The van der Waals surface area contributed by atoms with Gasteiger partial charge in [-0.05, 0) is 49.1 Å². The normalized spacial score (nSPS) is 13.6. The molecule has 1 aromatic heterocycles. The first-order valence-electron chi connectivity index (χ1n) is 6.35. The van der Waals surface area contributed by atoms with Crippen LogP contribution in [0.15, 0.2) is 24.4 Å². The summed E-state index contributed by atoms with van der Waals surface area (Å²) >= 11 is 5.82. The lowest BCUT2D eigenvalue weighted by molar-refractivity contribution is 0.830. The molecule has 0 atom stereocenters. The van der Waals surface area contributed by atoms with Gasteiger partial charge in [0.1, 0.15) is 5.82 Å². The summed E-state index contributed by atoms with van der Waals surface area (Å²) in [6.45, 7) is 2.99. The molecule has 0 unspecified atom stereocenters. The van der Waals surface area contributed by atoms with E-state index in [0.29, 0.717) is 0 Å². The molecule has 19 heavy (non-hydrogen) atoms. The Balaban J connectivity index is 1.89. The molecule has 2 N–H and O–H groups in total. The topological polar surface area (TPSA) is 49.8 Å². The number of aromatic nitrogens is 2. The Morgan fingerprint density at radius 1 is 1.37 bits per heavy atom. The summed E-state index contributed by atoms with van der Waals surface area (Å²) in [6, 6.07) is 6.34. The van der Waals surface area contributed by atoms with E-state index in [1.54, 1.807) is 6.20 Å². The van der Waals surface area contributed by atoms with Crippen molar-refractivity contribution in [1.29, 1.82) is 0 Å². The number of halogens is 1. The van der Waals surface area contributed by atoms with Crippen molar-refractivity contribution >= 4 is 28.8 Å². The third-order valence-electron chi connectivity index (χ3n) is 3.25. The second kappa shape index (κ2) is 5.05. The van der Waals surface area contributed by atoms with E-state index in [4.69, 9.17) is 11.6 Å². The van der Waals surface area contributed by atoms with Gasteiger partial charge in [-0.15, -0.1) is 0 Å². The number of rotatable bonds is 2. The Labute approximate surface area is 117 Å². The minimum atomic E-state index is 0.254. The second-order valence-electron chi connectivity index (χ2n) is 4.70. The number of benzene rings is 1. The van der Waals surface area contributed by atoms with Crippen molar-refractivity contribution in [3.63, 3.8) is 0 Å². The molecule has 0 radical (unpaired) electrons. The van der Waals surface area contributed by atoms with Gasteiger partial charge in [0.15, 0.2) is 0 Å². The Hall–Kier alpha value is -1.81. The van der Waals surface area contributed by atoms with Gasteiger partial charge in [-0.2, -0.15) is 0 Å². The molecule has 0 bridgehead atoms. The number of anilines is 3. The average molecular weight is 275 g/mol. The quantitative estimate of drug-likeness (QED) is 0.823. The maximum atomic E-state index is 5.82. The molecule has 0 saturated heterocycles. The van der Waals surface area contributed by atoms with E-state index in [2.05, 4.69) is 38.8 Å². The lowest BCUT2D eigenvalue weighted by atomic mass is 10.0. The lowest BCUT2D eigenvalue weighted by Gasteiger charge is -2.19. The Bertz CT molecular complexity index is 612. The number of hydrogen-bond donors (Lipinski definition) is 2. The van der Waals surface area contributed by atoms with Crippen LogP contribution in [0, 0.1) is 6.92 Å². The standard InChI is InChI=1S/C14H15ClN4/c1-9-8-17-14(15)19-13(9)18-11-5-4-10-3-2-6-16-12(10)7-11/h4-5,7-8,16H,2-3,6H2,1H3,(H,17,18,19). The van der Waals surface area contributed by atoms with Gasteiger partial charge in [-0.3, -0.25) is 0 Å². The third kappa shape index (κ3) is 2.63. The molecule has 4 nitrogen and oxygen atoms in total. The van der Waals surface area contributed by atoms with Crippen LogP contribution in [0.5, 0.6) is 0 Å². The number of aryl methyl sites for hydroxylation is 2. The molecule has 1 aromatic carbocycles. The maximum Gasteiger partial charge on any atom is 0.224 e. The van der Waals surface area contributed by atoms with Crippen molar-refractivity contribution in [1.82, 2.24) is 9.97 Å². The molecule has 98 valence electrons. The van der Waals surface area contributed by atoms with Gasteiger partial charge < -0.3 is 10.6 Å². The molecule has 0 amide bonds. The summed E-state index contributed by atoms with van der Waals surface area (Å²) in [5, 5.41) is 6.96. The van der Waals surface area contributed by atoms with Crippen LogP contribution in [0.4, 0.5) is 17.2 Å². The van der Waals surface area contributed by atoms with Crippen LogP contribution in [0.2, 0.25) is 5.28 Å². The number of fused-ring (bicyclic) bond motifs is 1. The predicted octanol–water partition coefficient (Wildman–Crippen LogP) is 3.54. The zero-order chi connectivity index (χ0) is 13.2. The molecular formula is C14H15ClN4. The summed E-state index contributed by atoms with van der Waals surface area (Å²) in [7, 11) is 0. The fraction of sp³-hybridized carbons (Fsp3) is 0.286. The first-order valence-corrected chi connectivity index (χ1v) is 6.73. The molecule has 0 fully saturated rings. The minimum Gasteiger partial charge on any atom is -0.385 e. The molecule has 2 aromatic rings. The van der Waals surface area contributed by atoms with Gasteiger partial charge >= 0.3 is 0 Å². The maximum absolute atomic E-state index is 5.82. The highest BCUT2D eigenvalue weighted by Gasteiger charge is 2.09. The Morgan fingerprint density at radius 3 is 3.16 bits per heavy atom. The fourth-order valence-corrected chi connectivity index (χ4v) is 2.36. The fourth-order valence-electron chi connectivity index (χ4n) is 2.22. The van der Waals surface area contributed by atoms with E-state index in [1.807, 2.05) is 6.92 Å². The summed E-state index contributed by atoms with van der Waals surface area (Å²) in [4.78, 5) is 8.16. The van der Waals surface area contributed by atoms with Crippen LogP contribution in [-0.2, 0) is 6.42 Å². The third-order valence-corrected chi connectivity index (χ3v) is 3.44. The molecule has 5 heteroatoms. The van der Waals surface area contributed by atoms with Gasteiger partial charge in [-0.25, -0.2) is 9.97 Å². The van der Waals surface area contributed by atoms with Crippen LogP contribution >= 0.6 is 11.6 Å². The molecule has 0 aliphatic carbocycles. The summed E-state index contributed by atoms with van der Waals surface area (Å²) in [5.41, 5.74) is 4.55. The largest absolute Gasteiger partial charge is 0.385 e. The Morgan fingerprint density at radius 2 is 2.26 bits per heavy atom.